The molecule has 2 aliphatic rings. The van der Waals surface area contributed by atoms with Crippen LogP contribution in [-0.2, 0) is 24.4 Å². The van der Waals surface area contributed by atoms with E-state index in [9.17, 15) is 9.59 Å². The zero-order valence-corrected chi connectivity index (χ0v) is 21.2. The Hall–Kier alpha value is -2.52. The maximum Gasteiger partial charge on any atom is 0.257 e. The Balaban J connectivity index is 1.50. The third-order valence-corrected chi connectivity index (χ3v) is 7.32. The molecule has 2 aliphatic heterocycles. The summed E-state index contributed by atoms with van der Waals surface area (Å²) in [5.41, 5.74) is 2.54. The third kappa shape index (κ3) is 5.35. The summed E-state index contributed by atoms with van der Waals surface area (Å²) < 4.78 is 13.8. The second kappa shape index (κ2) is 10.6. The maximum absolute atomic E-state index is 13.5. The van der Waals surface area contributed by atoms with Gasteiger partial charge in [-0.2, -0.15) is 11.8 Å². The summed E-state index contributed by atoms with van der Waals surface area (Å²) in [6, 6.07) is 11.2. The predicted octanol–water partition coefficient (Wildman–Crippen LogP) is 3.54. The zero-order valence-electron chi connectivity index (χ0n) is 19.6. The summed E-state index contributed by atoms with van der Waals surface area (Å²) in [5, 5.41) is 4.05. The maximum atomic E-state index is 13.5. The SMILES string of the molecule is CSCC1Cn2cc(C(=O)NCc3ccc(Cl)cc3)c(=O)c3cc(CN4CCOCC4)cc(c32)O1. The van der Waals surface area contributed by atoms with Crippen molar-refractivity contribution in [2.75, 3.05) is 38.3 Å². The first kappa shape index (κ1) is 24.2. The first-order valence-corrected chi connectivity index (χ1v) is 13.5. The van der Waals surface area contributed by atoms with E-state index in [2.05, 4.69) is 10.2 Å². The third-order valence-electron chi connectivity index (χ3n) is 6.36. The minimum Gasteiger partial charge on any atom is -0.485 e. The van der Waals surface area contributed by atoms with E-state index in [4.69, 9.17) is 21.1 Å². The van der Waals surface area contributed by atoms with Crippen molar-refractivity contribution >= 4 is 40.2 Å². The van der Waals surface area contributed by atoms with Gasteiger partial charge in [-0.05, 0) is 41.6 Å². The summed E-state index contributed by atoms with van der Waals surface area (Å²) in [7, 11) is 0. The fraction of sp³-hybridized carbons (Fsp3) is 0.385. The summed E-state index contributed by atoms with van der Waals surface area (Å²) >= 11 is 7.67. The molecule has 3 heterocycles. The number of halogens is 1. The average molecular weight is 514 g/mol. The molecule has 184 valence electrons. The number of morpholine rings is 1. The summed E-state index contributed by atoms with van der Waals surface area (Å²) in [5.74, 6) is 1.14. The van der Waals surface area contributed by atoms with Gasteiger partial charge >= 0.3 is 0 Å². The van der Waals surface area contributed by atoms with Crippen LogP contribution in [0.1, 0.15) is 21.5 Å². The second-order valence-electron chi connectivity index (χ2n) is 8.91. The molecule has 1 unspecified atom stereocenters. The number of carbonyl (C=O) groups excluding carboxylic acids is 1. The van der Waals surface area contributed by atoms with Crippen molar-refractivity contribution in [2.45, 2.75) is 25.7 Å². The molecule has 0 saturated carbocycles. The second-order valence-corrected chi connectivity index (χ2v) is 10.3. The van der Waals surface area contributed by atoms with Crippen molar-refractivity contribution in [3.05, 3.63) is 74.5 Å². The monoisotopic (exact) mass is 513 g/mol. The first-order valence-electron chi connectivity index (χ1n) is 11.7. The molecule has 1 amide bonds. The molecule has 0 aliphatic carbocycles. The van der Waals surface area contributed by atoms with Gasteiger partial charge in [0.05, 0.1) is 30.7 Å². The normalized spacial score (nSPS) is 17.8. The average Bonchev–Trinajstić information content (AvgIpc) is 2.86. The van der Waals surface area contributed by atoms with Crippen molar-refractivity contribution in [3.8, 4) is 5.75 Å². The van der Waals surface area contributed by atoms with Crippen LogP contribution in [0.3, 0.4) is 0 Å². The van der Waals surface area contributed by atoms with E-state index < -0.39 is 0 Å². The van der Waals surface area contributed by atoms with E-state index in [-0.39, 0.29) is 23.0 Å². The molecule has 2 aromatic carbocycles. The lowest BCUT2D eigenvalue weighted by molar-refractivity contribution is 0.0341. The van der Waals surface area contributed by atoms with Crippen molar-refractivity contribution in [3.63, 3.8) is 0 Å². The van der Waals surface area contributed by atoms with Crippen LogP contribution in [0.25, 0.3) is 10.9 Å². The van der Waals surface area contributed by atoms with Crippen LogP contribution in [0, 0.1) is 0 Å². The number of rotatable bonds is 7. The van der Waals surface area contributed by atoms with E-state index in [0.717, 1.165) is 35.5 Å². The fourth-order valence-corrected chi connectivity index (χ4v) is 5.32. The van der Waals surface area contributed by atoms with Gasteiger partial charge in [-0.1, -0.05) is 23.7 Å². The number of hydrogen-bond donors (Lipinski definition) is 1. The molecule has 3 aromatic rings. The standard InChI is InChI=1S/C26H28ClN3O4S/c1-35-16-20-14-30-15-22(26(32)28-12-17-2-4-19(27)5-3-17)25(31)21-10-18(11-23(34-20)24(21)30)13-29-6-8-33-9-7-29/h2-5,10-11,15,20H,6-9,12-14,16H2,1H3,(H,28,32). The van der Waals surface area contributed by atoms with Crippen LogP contribution in [0.4, 0.5) is 0 Å². The van der Waals surface area contributed by atoms with Gasteiger partial charge in [-0.25, -0.2) is 0 Å². The Bertz CT molecular complexity index is 1290. The summed E-state index contributed by atoms with van der Waals surface area (Å²) in [6.45, 7) is 4.71. The number of carbonyl (C=O) groups is 1. The van der Waals surface area contributed by atoms with Gasteiger partial charge in [0.1, 0.15) is 17.4 Å². The van der Waals surface area contributed by atoms with Gasteiger partial charge in [0.15, 0.2) is 0 Å². The number of nitrogens with zero attached hydrogens (tertiary/aromatic N) is 2. The quantitative estimate of drug-likeness (QED) is 0.521. The lowest BCUT2D eigenvalue weighted by atomic mass is 10.0. The van der Waals surface area contributed by atoms with Gasteiger partial charge in [-0.15, -0.1) is 0 Å². The minimum absolute atomic E-state index is 0.0354. The highest BCUT2D eigenvalue weighted by atomic mass is 35.5. The molecule has 9 heteroatoms. The molecule has 5 rings (SSSR count). The predicted molar refractivity (Wildman–Crippen MR) is 140 cm³/mol. The Morgan fingerprint density at radius 1 is 1.17 bits per heavy atom. The Morgan fingerprint density at radius 3 is 2.69 bits per heavy atom. The molecule has 7 nitrogen and oxygen atoms in total. The van der Waals surface area contributed by atoms with E-state index in [1.165, 1.54) is 0 Å². The van der Waals surface area contributed by atoms with Gasteiger partial charge in [-0.3, -0.25) is 14.5 Å². The summed E-state index contributed by atoms with van der Waals surface area (Å²) in [4.78, 5) is 29.0. The van der Waals surface area contributed by atoms with Gasteiger partial charge in [0.25, 0.3) is 5.91 Å². The van der Waals surface area contributed by atoms with Crippen LogP contribution < -0.4 is 15.5 Å². The molecule has 1 aromatic heterocycles. The minimum atomic E-state index is -0.386. The van der Waals surface area contributed by atoms with Crippen LogP contribution in [-0.4, -0.2) is 59.8 Å². The highest BCUT2D eigenvalue weighted by molar-refractivity contribution is 7.98. The van der Waals surface area contributed by atoms with Crippen LogP contribution >= 0.6 is 23.4 Å². The number of amides is 1. The number of ether oxygens (including phenoxy) is 2. The van der Waals surface area contributed by atoms with E-state index >= 15 is 0 Å². The Morgan fingerprint density at radius 2 is 1.94 bits per heavy atom. The molecule has 0 spiro atoms. The molecule has 1 N–H and O–H groups in total. The van der Waals surface area contributed by atoms with E-state index in [1.54, 1.807) is 30.1 Å². The highest BCUT2D eigenvalue weighted by Gasteiger charge is 2.26. The smallest absolute Gasteiger partial charge is 0.257 e. The number of hydrogen-bond acceptors (Lipinski definition) is 6. The van der Waals surface area contributed by atoms with E-state index in [0.29, 0.717) is 49.0 Å². The van der Waals surface area contributed by atoms with Crippen molar-refractivity contribution < 1.29 is 14.3 Å². The van der Waals surface area contributed by atoms with Gasteiger partial charge < -0.3 is 19.4 Å². The molecular formula is C26H28ClN3O4S. The van der Waals surface area contributed by atoms with Crippen molar-refractivity contribution in [2.24, 2.45) is 0 Å². The first-order chi connectivity index (χ1) is 17.0. The largest absolute Gasteiger partial charge is 0.485 e. The fourth-order valence-electron chi connectivity index (χ4n) is 4.65. The number of pyridine rings is 1. The van der Waals surface area contributed by atoms with Crippen molar-refractivity contribution in [1.82, 2.24) is 14.8 Å². The molecule has 0 bridgehead atoms. The summed E-state index contributed by atoms with van der Waals surface area (Å²) in [6.07, 6.45) is 3.69. The zero-order chi connectivity index (χ0) is 24.4. The lowest BCUT2D eigenvalue weighted by Crippen LogP contribution is -2.36. The number of thioether (sulfide) groups is 1. The van der Waals surface area contributed by atoms with Crippen LogP contribution in [0.2, 0.25) is 5.02 Å². The number of nitrogens with one attached hydrogen (secondary N) is 1. The van der Waals surface area contributed by atoms with Crippen LogP contribution in [0.5, 0.6) is 5.75 Å². The number of benzene rings is 2. The van der Waals surface area contributed by atoms with Gasteiger partial charge in [0.2, 0.25) is 5.43 Å². The molecule has 1 atom stereocenters. The lowest BCUT2D eigenvalue weighted by Gasteiger charge is -2.30. The number of aromatic nitrogens is 1. The highest BCUT2D eigenvalue weighted by Crippen LogP contribution is 2.32. The molecule has 0 radical (unpaired) electrons. The molecule has 1 fully saturated rings. The van der Waals surface area contributed by atoms with E-state index in [1.807, 2.05) is 35.1 Å². The molecule has 35 heavy (non-hydrogen) atoms. The molecular weight excluding hydrogens is 486 g/mol. The van der Waals surface area contributed by atoms with Crippen LogP contribution in [0.15, 0.2) is 47.4 Å². The molecule has 1 saturated heterocycles. The van der Waals surface area contributed by atoms with Crippen molar-refractivity contribution in [1.29, 1.82) is 0 Å². The van der Waals surface area contributed by atoms with Gasteiger partial charge in [0, 0.05) is 43.2 Å². The Labute approximate surface area is 213 Å². The topological polar surface area (TPSA) is 72.8 Å². The Kier molecular flexibility index (Phi) is 7.34.